The van der Waals surface area contributed by atoms with E-state index in [2.05, 4.69) is 20.3 Å². The van der Waals surface area contributed by atoms with Crippen molar-refractivity contribution in [3.8, 4) is 0 Å². The Morgan fingerprint density at radius 3 is 2.74 bits per heavy atom. The Hall–Kier alpha value is -2.35. The van der Waals surface area contributed by atoms with Gasteiger partial charge >= 0.3 is 5.97 Å². The standard InChI is InChI=1S/C15H19N5O2S/c1-3-22-12(21)9-23-10(2)13-18-14(16)20-15(19-13)17-11-7-5-4-6-8-11/h4-8,10H,3,9H2,1-2H3,(H3,16,17,18,19,20)/t10-/m0/s1. The zero-order valence-electron chi connectivity index (χ0n) is 13.0. The Bertz CT molecular complexity index is 654. The summed E-state index contributed by atoms with van der Waals surface area (Å²) in [6, 6.07) is 9.54. The molecule has 1 atom stereocenters. The Kier molecular flexibility index (Phi) is 6.16. The predicted molar refractivity (Wildman–Crippen MR) is 91.5 cm³/mol. The Morgan fingerprint density at radius 1 is 1.30 bits per heavy atom. The molecule has 23 heavy (non-hydrogen) atoms. The first-order valence-electron chi connectivity index (χ1n) is 7.19. The van der Waals surface area contributed by atoms with Crippen molar-refractivity contribution < 1.29 is 9.53 Å². The molecular weight excluding hydrogens is 314 g/mol. The smallest absolute Gasteiger partial charge is 0.315 e. The molecular formula is C15H19N5O2S. The molecule has 8 heteroatoms. The van der Waals surface area contributed by atoms with Gasteiger partial charge in [0.15, 0.2) is 0 Å². The van der Waals surface area contributed by atoms with Crippen LogP contribution in [0.25, 0.3) is 0 Å². The highest BCUT2D eigenvalue weighted by molar-refractivity contribution is 8.00. The maximum Gasteiger partial charge on any atom is 0.315 e. The van der Waals surface area contributed by atoms with Crippen LogP contribution in [0.1, 0.15) is 24.9 Å². The number of hydrogen-bond donors (Lipinski definition) is 2. The van der Waals surface area contributed by atoms with Gasteiger partial charge in [0.25, 0.3) is 0 Å². The summed E-state index contributed by atoms with van der Waals surface area (Å²) in [6.45, 7) is 4.06. The monoisotopic (exact) mass is 333 g/mol. The number of benzene rings is 1. The van der Waals surface area contributed by atoms with E-state index < -0.39 is 0 Å². The number of nitrogens with two attached hydrogens (primary N) is 1. The van der Waals surface area contributed by atoms with E-state index in [1.165, 1.54) is 11.8 Å². The maximum absolute atomic E-state index is 11.4. The van der Waals surface area contributed by atoms with Crippen molar-refractivity contribution in [3.05, 3.63) is 36.2 Å². The third-order valence-electron chi connectivity index (χ3n) is 2.82. The molecule has 7 nitrogen and oxygen atoms in total. The lowest BCUT2D eigenvalue weighted by molar-refractivity contribution is -0.139. The van der Waals surface area contributed by atoms with E-state index in [-0.39, 0.29) is 22.9 Å². The number of esters is 1. The molecule has 1 aromatic heterocycles. The van der Waals surface area contributed by atoms with Gasteiger partial charge in [-0.2, -0.15) is 15.0 Å². The Balaban J connectivity index is 2.05. The topological polar surface area (TPSA) is 103 Å². The van der Waals surface area contributed by atoms with Crippen LogP contribution in [-0.4, -0.2) is 33.3 Å². The molecule has 0 bridgehead atoms. The third-order valence-corrected chi connectivity index (χ3v) is 3.93. The van der Waals surface area contributed by atoms with Crippen LogP contribution in [0.2, 0.25) is 0 Å². The van der Waals surface area contributed by atoms with Crippen molar-refractivity contribution in [1.82, 2.24) is 15.0 Å². The van der Waals surface area contributed by atoms with E-state index in [0.29, 0.717) is 18.4 Å². The second-order valence-electron chi connectivity index (χ2n) is 4.62. The quantitative estimate of drug-likeness (QED) is 0.745. The van der Waals surface area contributed by atoms with Gasteiger partial charge in [-0.3, -0.25) is 4.79 Å². The molecule has 2 aromatic rings. The summed E-state index contributed by atoms with van der Waals surface area (Å²) >= 11 is 1.39. The number of carbonyl (C=O) groups excluding carboxylic acids is 1. The van der Waals surface area contributed by atoms with Crippen LogP contribution in [0.5, 0.6) is 0 Å². The molecule has 0 spiro atoms. The SMILES string of the molecule is CCOC(=O)CS[C@@H](C)c1nc(N)nc(Nc2ccccc2)n1. The average Bonchev–Trinajstić information content (AvgIpc) is 2.53. The van der Waals surface area contributed by atoms with Crippen molar-refractivity contribution in [2.24, 2.45) is 0 Å². The van der Waals surface area contributed by atoms with Crippen molar-refractivity contribution in [1.29, 1.82) is 0 Å². The highest BCUT2D eigenvalue weighted by atomic mass is 32.2. The van der Waals surface area contributed by atoms with Gasteiger partial charge in [-0.1, -0.05) is 18.2 Å². The molecule has 0 aliphatic rings. The lowest BCUT2D eigenvalue weighted by Crippen LogP contribution is -2.11. The van der Waals surface area contributed by atoms with Crippen LogP contribution in [0.4, 0.5) is 17.6 Å². The fourth-order valence-electron chi connectivity index (χ4n) is 1.77. The number of nitrogens with one attached hydrogen (secondary N) is 1. The van der Waals surface area contributed by atoms with E-state index in [4.69, 9.17) is 10.5 Å². The minimum Gasteiger partial charge on any atom is -0.465 e. The minimum absolute atomic E-state index is 0.110. The molecule has 0 aliphatic carbocycles. The fourth-order valence-corrected chi connectivity index (χ4v) is 2.49. The van der Waals surface area contributed by atoms with E-state index in [0.717, 1.165) is 5.69 Å². The molecule has 122 valence electrons. The van der Waals surface area contributed by atoms with Gasteiger partial charge in [0.2, 0.25) is 11.9 Å². The van der Waals surface area contributed by atoms with Crippen molar-refractivity contribution in [3.63, 3.8) is 0 Å². The molecule has 0 radical (unpaired) electrons. The number of anilines is 3. The summed E-state index contributed by atoms with van der Waals surface area (Å²) in [6.07, 6.45) is 0. The van der Waals surface area contributed by atoms with Crippen LogP contribution >= 0.6 is 11.8 Å². The highest BCUT2D eigenvalue weighted by Crippen LogP contribution is 2.26. The summed E-state index contributed by atoms with van der Waals surface area (Å²) in [5.41, 5.74) is 6.61. The second-order valence-corrected chi connectivity index (χ2v) is 5.95. The van der Waals surface area contributed by atoms with Crippen LogP contribution < -0.4 is 11.1 Å². The lowest BCUT2D eigenvalue weighted by Gasteiger charge is -2.12. The normalized spacial score (nSPS) is 11.7. The Morgan fingerprint density at radius 2 is 2.04 bits per heavy atom. The van der Waals surface area contributed by atoms with Crippen molar-refractivity contribution in [2.45, 2.75) is 19.1 Å². The fraction of sp³-hybridized carbons (Fsp3) is 0.333. The van der Waals surface area contributed by atoms with Gasteiger partial charge in [-0.05, 0) is 26.0 Å². The predicted octanol–water partition coefficient (Wildman–Crippen LogP) is 2.55. The first kappa shape index (κ1) is 17.0. The zero-order chi connectivity index (χ0) is 16.7. The number of carbonyl (C=O) groups is 1. The molecule has 0 saturated heterocycles. The first-order chi connectivity index (χ1) is 11.1. The molecule has 2 rings (SSSR count). The molecule has 1 heterocycles. The number of para-hydroxylation sites is 1. The molecule has 0 unspecified atom stereocenters. The first-order valence-corrected chi connectivity index (χ1v) is 8.24. The molecule has 0 saturated carbocycles. The summed E-state index contributed by atoms with van der Waals surface area (Å²) in [5.74, 6) is 1.01. The summed E-state index contributed by atoms with van der Waals surface area (Å²) < 4.78 is 4.90. The number of thioether (sulfide) groups is 1. The number of ether oxygens (including phenoxy) is 1. The highest BCUT2D eigenvalue weighted by Gasteiger charge is 2.15. The molecule has 0 aliphatic heterocycles. The van der Waals surface area contributed by atoms with E-state index in [1.54, 1.807) is 6.92 Å². The minimum atomic E-state index is -0.256. The lowest BCUT2D eigenvalue weighted by atomic mass is 10.3. The number of rotatable bonds is 7. The maximum atomic E-state index is 11.4. The van der Waals surface area contributed by atoms with Gasteiger partial charge < -0.3 is 15.8 Å². The van der Waals surface area contributed by atoms with Gasteiger partial charge in [0, 0.05) is 5.69 Å². The number of hydrogen-bond acceptors (Lipinski definition) is 8. The van der Waals surface area contributed by atoms with Crippen LogP contribution in [-0.2, 0) is 9.53 Å². The summed E-state index contributed by atoms with van der Waals surface area (Å²) in [5, 5.41) is 2.97. The zero-order valence-corrected chi connectivity index (χ0v) is 13.8. The molecule has 0 amide bonds. The third kappa shape index (κ3) is 5.41. The summed E-state index contributed by atoms with van der Waals surface area (Å²) in [4.78, 5) is 24.0. The van der Waals surface area contributed by atoms with E-state index >= 15 is 0 Å². The van der Waals surface area contributed by atoms with Gasteiger partial charge in [-0.15, -0.1) is 11.8 Å². The van der Waals surface area contributed by atoms with Gasteiger partial charge in [0.05, 0.1) is 17.6 Å². The van der Waals surface area contributed by atoms with Gasteiger partial charge in [0.1, 0.15) is 5.82 Å². The molecule has 1 aromatic carbocycles. The van der Waals surface area contributed by atoms with E-state index in [9.17, 15) is 4.79 Å². The largest absolute Gasteiger partial charge is 0.465 e. The van der Waals surface area contributed by atoms with Crippen molar-refractivity contribution >= 4 is 35.3 Å². The Labute approximate surface area is 139 Å². The van der Waals surface area contributed by atoms with Crippen molar-refractivity contribution in [2.75, 3.05) is 23.4 Å². The summed E-state index contributed by atoms with van der Waals surface area (Å²) in [7, 11) is 0. The number of nitrogens with zero attached hydrogens (tertiary/aromatic N) is 3. The second kappa shape index (κ2) is 8.33. The molecule has 3 N–H and O–H groups in total. The van der Waals surface area contributed by atoms with Crippen LogP contribution in [0.15, 0.2) is 30.3 Å². The van der Waals surface area contributed by atoms with E-state index in [1.807, 2.05) is 37.3 Å². The van der Waals surface area contributed by atoms with Gasteiger partial charge in [-0.25, -0.2) is 0 Å². The van der Waals surface area contributed by atoms with Crippen LogP contribution in [0.3, 0.4) is 0 Å². The number of aromatic nitrogens is 3. The average molecular weight is 333 g/mol. The van der Waals surface area contributed by atoms with Crippen LogP contribution in [0, 0.1) is 0 Å². The number of nitrogen functional groups attached to an aromatic ring is 1. The molecule has 0 fully saturated rings.